The zero-order chi connectivity index (χ0) is 13.1. The Morgan fingerprint density at radius 2 is 1.84 bits per heavy atom. The average Bonchev–Trinajstić information content (AvgIpc) is 2.44. The van der Waals surface area contributed by atoms with Crippen LogP contribution in [0.15, 0.2) is 24.3 Å². The van der Waals surface area contributed by atoms with Gasteiger partial charge in [0.1, 0.15) is 0 Å². The monoisotopic (exact) mass is 259 g/mol. The number of benzene rings is 1. The van der Waals surface area contributed by atoms with Crippen molar-refractivity contribution in [1.29, 1.82) is 0 Å². The molecule has 1 aromatic rings. The summed E-state index contributed by atoms with van der Waals surface area (Å²) in [6.07, 6.45) is 5.09. The Kier molecular flexibility index (Phi) is 3.90. The highest BCUT2D eigenvalue weighted by molar-refractivity contribution is 5.31. The summed E-state index contributed by atoms with van der Waals surface area (Å²) in [6.45, 7) is 6.43. The van der Waals surface area contributed by atoms with Gasteiger partial charge in [0.15, 0.2) is 0 Å². The highest BCUT2D eigenvalue weighted by atomic mass is 16.5. The highest BCUT2D eigenvalue weighted by Crippen LogP contribution is 2.40. The van der Waals surface area contributed by atoms with Crippen LogP contribution in [0.4, 0.5) is 0 Å². The van der Waals surface area contributed by atoms with Crippen LogP contribution in [0.25, 0.3) is 0 Å². The van der Waals surface area contributed by atoms with E-state index < -0.39 is 0 Å². The molecule has 0 atom stereocenters. The van der Waals surface area contributed by atoms with Gasteiger partial charge in [-0.3, -0.25) is 0 Å². The number of aryl methyl sites for hydroxylation is 1. The molecule has 0 bridgehead atoms. The van der Waals surface area contributed by atoms with E-state index >= 15 is 0 Å². The van der Waals surface area contributed by atoms with Crippen molar-refractivity contribution in [2.75, 3.05) is 26.3 Å². The Labute approximate surface area is 116 Å². The van der Waals surface area contributed by atoms with Crippen LogP contribution in [0.3, 0.4) is 0 Å². The zero-order valence-electron chi connectivity index (χ0n) is 12.0. The molecule has 2 heterocycles. The summed E-state index contributed by atoms with van der Waals surface area (Å²) >= 11 is 0. The molecule has 2 nitrogen and oxygen atoms in total. The van der Waals surface area contributed by atoms with E-state index in [0.717, 1.165) is 25.6 Å². The first kappa shape index (κ1) is 13.1. The fourth-order valence-electron chi connectivity index (χ4n) is 3.48. The second-order valence-corrected chi connectivity index (χ2v) is 6.22. The number of piperidine rings is 1. The molecule has 0 aliphatic carbocycles. The van der Waals surface area contributed by atoms with Gasteiger partial charge < -0.3 is 10.1 Å². The summed E-state index contributed by atoms with van der Waals surface area (Å²) in [4.78, 5) is 0. The third kappa shape index (κ3) is 2.70. The van der Waals surface area contributed by atoms with Gasteiger partial charge >= 0.3 is 0 Å². The SMILES string of the molecule is CCc1ccc(C2(CC3CCNCC3)COC2)cc1. The maximum absolute atomic E-state index is 5.58. The largest absolute Gasteiger partial charge is 0.379 e. The second-order valence-electron chi connectivity index (χ2n) is 6.22. The van der Waals surface area contributed by atoms with Gasteiger partial charge in [0.05, 0.1) is 13.2 Å². The van der Waals surface area contributed by atoms with Crippen LogP contribution < -0.4 is 5.32 Å². The van der Waals surface area contributed by atoms with Gasteiger partial charge in [-0.2, -0.15) is 0 Å². The third-order valence-electron chi connectivity index (χ3n) is 4.87. The number of hydrogen-bond donors (Lipinski definition) is 1. The molecule has 0 aromatic heterocycles. The normalized spacial score (nSPS) is 23.0. The van der Waals surface area contributed by atoms with Crippen LogP contribution in [-0.2, 0) is 16.6 Å². The summed E-state index contributed by atoms with van der Waals surface area (Å²) in [7, 11) is 0. The Morgan fingerprint density at radius 1 is 1.16 bits per heavy atom. The van der Waals surface area contributed by atoms with E-state index in [2.05, 4.69) is 36.5 Å². The molecule has 2 fully saturated rings. The molecule has 1 N–H and O–H groups in total. The van der Waals surface area contributed by atoms with Crippen molar-refractivity contribution in [2.24, 2.45) is 5.92 Å². The molecular weight excluding hydrogens is 234 g/mol. The fourth-order valence-corrected chi connectivity index (χ4v) is 3.48. The van der Waals surface area contributed by atoms with Crippen molar-refractivity contribution in [3.63, 3.8) is 0 Å². The van der Waals surface area contributed by atoms with Gasteiger partial charge in [-0.15, -0.1) is 0 Å². The predicted molar refractivity (Wildman–Crippen MR) is 78.5 cm³/mol. The number of rotatable bonds is 4. The zero-order valence-corrected chi connectivity index (χ0v) is 12.0. The van der Waals surface area contributed by atoms with E-state index in [0.29, 0.717) is 5.41 Å². The maximum Gasteiger partial charge on any atom is 0.0585 e. The minimum absolute atomic E-state index is 0.314. The van der Waals surface area contributed by atoms with Gasteiger partial charge in [0, 0.05) is 5.41 Å². The molecule has 3 rings (SSSR count). The van der Waals surface area contributed by atoms with Gasteiger partial charge in [0.2, 0.25) is 0 Å². The minimum Gasteiger partial charge on any atom is -0.379 e. The molecule has 19 heavy (non-hydrogen) atoms. The predicted octanol–water partition coefficient (Wildman–Crippen LogP) is 2.91. The molecule has 1 aromatic carbocycles. The Balaban J connectivity index is 1.73. The first-order valence-electron chi connectivity index (χ1n) is 7.70. The number of hydrogen-bond acceptors (Lipinski definition) is 2. The van der Waals surface area contributed by atoms with E-state index in [1.54, 1.807) is 0 Å². The van der Waals surface area contributed by atoms with Crippen molar-refractivity contribution < 1.29 is 4.74 Å². The Hall–Kier alpha value is -0.860. The standard InChI is InChI=1S/C17H25NO/c1-2-14-3-5-16(6-4-14)17(12-19-13-17)11-15-7-9-18-10-8-15/h3-6,15,18H,2,7-13H2,1H3. The minimum atomic E-state index is 0.314. The fraction of sp³-hybridized carbons (Fsp3) is 0.647. The van der Waals surface area contributed by atoms with Crippen molar-refractivity contribution >= 4 is 0 Å². The molecule has 0 radical (unpaired) electrons. The van der Waals surface area contributed by atoms with E-state index in [9.17, 15) is 0 Å². The van der Waals surface area contributed by atoms with Crippen molar-refractivity contribution in [3.05, 3.63) is 35.4 Å². The lowest BCUT2D eigenvalue weighted by atomic mass is 9.70. The molecule has 0 spiro atoms. The van der Waals surface area contributed by atoms with E-state index in [1.807, 2.05) is 0 Å². The first-order chi connectivity index (χ1) is 9.32. The molecule has 2 heteroatoms. The third-order valence-corrected chi connectivity index (χ3v) is 4.87. The van der Waals surface area contributed by atoms with Gasteiger partial charge in [0.25, 0.3) is 0 Å². The first-order valence-corrected chi connectivity index (χ1v) is 7.70. The summed E-state index contributed by atoms with van der Waals surface area (Å²) < 4.78 is 5.58. The quantitative estimate of drug-likeness (QED) is 0.897. The molecular formula is C17H25NO. The topological polar surface area (TPSA) is 21.3 Å². The molecule has 2 aliphatic heterocycles. The smallest absolute Gasteiger partial charge is 0.0585 e. The molecule has 0 unspecified atom stereocenters. The molecule has 0 saturated carbocycles. The van der Waals surface area contributed by atoms with Crippen LogP contribution in [0.1, 0.15) is 37.3 Å². The van der Waals surface area contributed by atoms with Crippen LogP contribution in [0.2, 0.25) is 0 Å². The highest BCUT2D eigenvalue weighted by Gasteiger charge is 2.41. The van der Waals surface area contributed by atoms with Crippen LogP contribution >= 0.6 is 0 Å². The second kappa shape index (κ2) is 5.64. The lowest BCUT2D eigenvalue weighted by molar-refractivity contribution is -0.0731. The lowest BCUT2D eigenvalue weighted by Crippen LogP contribution is -2.49. The van der Waals surface area contributed by atoms with Crippen molar-refractivity contribution in [2.45, 2.75) is 38.0 Å². The molecule has 2 aliphatic rings. The summed E-state index contributed by atoms with van der Waals surface area (Å²) in [5, 5.41) is 3.46. The van der Waals surface area contributed by atoms with Gasteiger partial charge in [-0.1, -0.05) is 31.2 Å². The molecule has 2 saturated heterocycles. The van der Waals surface area contributed by atoms with Crippen molar-refractivity contribution in [1.82, 2.24) is 5.32 Å². The molecule has 104 valence electrons. The van der Waals surface area contributed by atoms with Crippen LogP contribution in [0, 0.1) is 5.92 Å². The average molecular weight is 259 g/mol. The Morgan fingerprint density at radius 3 is 2.37 bits per heavy atom. The lowest BCUT2D eigenvalue weighted by Gasteiger charge is -2.45. The summed E-state index contributed by atoms with van der Waals surface area (Å²) in [5.41, 5.74) is 3.24. The Bertz CT molecular complexity index is 402. The van der Waals surface area contributed by atoms with E-state index in [4.69, 9.17) is 4.74 Å². The van der Waals surface area contributed by atoms with Crippen LogP contribution in [-0.4, -0.2) is 26.3 Å². The van der Waals surface area contributed by atoms with Gasteiger partial charge in [-0.25, -0.2) is 0 Å². The number of ether oxygens (including phenoxy) is 1. The molecule has 0 amide bonds. The van der Waals surface area contributed by atoms with E-state index in [-0.39, 0.29) is 0 Å². The summed E-state index contributed by atoms with van der Waals surface area (Å²) in [5.74, 6) is 0.871. The van der Waals surface area contributed by atoms with E-state index in [1.165, 1.54) is 43.5 Å². The summed E-state index contributed by atoms with van der Waals surface area (Å²) in [6, 6.07) is 9.25. The maximum atomic E-state index is 5.58. The number of nitrogens with one attached hydrogen (secondary N) is 1. The van der Waals surface area contributed by atoms with Gasteiger partial charge in [-0.05, 0) is 55.8 Å². The van der Waals surface area contributed by atoms with Crippen molar-refractivity contribution in [3.8, 4) is 0 Å². The van der Waals surface area contributed by atoms with Crippen LogP contribution in [0.5, 0.6) is 0 Å².